The van der Waals surface area contributed by atoms with Gasteiger partial charge in [-0.2, -0.15) is 0 Å². The molecule has 0 aliphatic rings. The Labute approximate surface area is 76.4 Å². The molecule has 0 aromatic heterocycles. The van der Waals surface area contributed by atoms with Gasteiger partial charge in [0.1, 0.15) is 0 Å². The molecule has 0 saturated heterocycles. The summed E-state index contributed by atoms with van der Waals surface area (Å²) in [6.07, 6.45) is 1.47. The normalized spacial score (nSPS) is 7.14. The third-order valence-corrected chi connectivity index (χ3v) is 5.67. The van der Waals surface area contributed by atoms with Gasteiger partial charge in [0.05, 0.1) is 0 Å². The van der Waals surface area contributed by atoms with Crippen LogP contribution < -0.4 is 0 Å². The summed E-state index contributed by atoms with van der Waals surface area (Å²) in [5.41, 5.74) is 0. The predicted molar refractivity (Wildman–Crippen MR) is 43.6 cm³/mol. The molecular formula is C3H6Br2Mg2. The van der Waals surface area contributed by atoms with Gasteiger partial charge in [0.15, 0.2) is 0 Å². The fraction of sp³-hybridized carbons (Fsp3) is 1.00. The lowest BCUT2D eigenvalue weighted by atomic mass is 10.6. The van der Waals surface area contributed by atoms with E-state index in [-0.39, 0.29) is 36.4 Å². The first-order chi connectivity index (χ1) is 3.41. The topological polar surface area (TPSA) is 0 Å². The molecule has 0 heterocycles. The molecule has 0 saturated carbocycles. The maximum Gasteiger partial charge on any atom is 0.468 e. The highest BCUT2D eigenvalue weighted by atomic mass is 79.9. The van der Waals surface area contributed by atoms with Crippen LogP contribution in [0.25, 0.3) is 0 Å². The molecule has 0 N–H and O–H groups in total. The lowest BCUT2D eigenvalue weighted by Gasteiger charge is -1.86. The summed E-state index contributed by atoms with van der Waals surface area (Å²) in [5.74, 6) is 0. The molecule has 0 amide bonds. The molecule has 36 valence electrons. The first-order valence-electron chi connectivity index (χ1n) is 2.53. The predicted octanol–water partition coefficient (Wildman–Crippen LogP) is 2.24. The van der Waals surface area contributed by atoms with Gasteiger partial charge >= 0.3 is 36.4 Å². The molecule has 0 radical (unpaired) electrons. The van der Waals surface area contributed by atoms with Gasteiger partial charge in [0.2, 0.25) is 0 Å². The Hall–Kier alpha value is 2.49. The second-order valence-corrected chi connectivity index (χ2v) is 8.37. The highest BCUT2D eigenvalue weighted by Gasteiger charge is 1.90. The molecule has 0 aliphatic heterocycles. The Balaban J connectivity index is 2.45. The number of halogens is 2. The Bertz CT molecular complexity index is 30.1. The minimum Gasteiger partial charge on any atom is -0.307 e. The Morgan fingerprint density at radius 1 is 1.00 bits per heavy atom. The molecule has 4 heteroatoms. The zero-order chi connectivity index (χ0) is 5.54. The van der Waals surface area contributed by atoms with Crippen molar-refractivity contribution in [3.05, 3.63) is 0 Å². The maximum atomic E-state index is 3.52. The minimum absolute atomic E-state index is 0.208. The standard InChI is InChI=1S/C3H6.2BrH.2Mg/c1-3-2;;;;/h1-3H2;2*1H;;/q;;;2*+1/p-2. The molecule has 0 unspecified atom stereocenters. The van der Waals surface area contributed by atoms with Crippen molar-refractivity contribution in [1.82, 2.24) is 0 Å². The van der Waals surface area contributed by atoms with E-state index in [0.29, 0.717) is 0 Å². The van der Waals surface area contributed by atoms with Crippen molar-refractivity contribution >= 4 is 62.2 Å². The minimum atomic E-state index is 0.208. The molecule has 0 nitrogen and oxygen atoms in total. The monoisotopic (exact) mass is 248 g/mol. The highest BCUT2D eigenvalue weighted by Crippen LogP contribution is 1.98. The smallest absolute Gasteiger partial charge is 0.307 e. The van der Waals surface area contributed by atoms with Gasteiger partial charge in [0, 0.05) is 0 Å². The van der Waals surface area contributed by atoms with Crippen LogP contribution >= 0.6 is 25.8 Å². The van der Waals surface area contributed by atoms with Crippen molar-refractivity contribution in [1.29, 1.82) is 0 Å². The molecule has 0 spiro atoms. The Kier molecular flexibility index (Phi) is 11.5. The van der Waals surface area contributed by atoms with Crippen molar-refractivity contribution in [3.63, 3.8) is 0 Å². The van der Waals surface area contributed by atoms with Crippen LogP contribution in [-0.2, 0) is 0 Å². The van der Waals surface area contributed by atoms with E-state index >= 15 is 0 Å². The van der Waals surface area contributed by atoms with Crippen molar-refractivity contribution in [2.45, 2.75) is 15.5 Å². The number of hydrogen-bond donors (Lipinski definition) is 0. The first kappa shape index (κ1) is 9.49. The Morgan fingerprint density at radius 2 is 1.43 bits per heavy atom. The summed E-state index contributed by atoms with van der Waals surface area (Å²) in [4.78, 5) is 0. The molecule has 0 atom stereocenters. The fourth-order valence-electron chi connectivity index (χ4n) is 0.366. The van der Waals surface area contributed by atoms with Gasteiger partial charge in [-0.1, -0.05) is 6.42 Å². The molecule has 7 heavy (non-hydrogen) atoms. The summed E-state index contributed by atoms with van der Waals surface area (Å²) in [5, 5.41) is 0. The molecule has 0 fully saturated rings. The zero-order valence-corrected chi connectivity index (χ0v) is 10.3. The van der Waals surface area contributed by atoms with Crippen LogP contribution in [0.1, 0.15) is 6.42 Å². The average Bonchev–Trinajstić information content (AvgIpc) is 1.69. The molecule has 0 aliphatic carbocycles. The van der Waals surface area contributed by atoms with Gasteiger partial charge in [0.25, 0.3) is 0 Å². The molecular weight excluding hydrogens is 244 g/mol. The van der Waals surface area contributed by atoms with Crippen molar-refractivity contribution < 1.29 is 0 Å². The molecule has 0 aromatic carbocycles. The van der Waals surface area contributed by atoms with Crippen LogP contribution in [0.2, 0.25) is 9.10 Å². The van der Waals surface area contributed by atoms with Crippen LogP contribution in [0.3, 0.4) is 0 Å². The van der Waals surface area contributed by atoms with E-state index in [2.05, 4.69) is 25.8 Å². The van der Waals surface area contributed by atoms with E-state index in [0.717, 1.165) is 0 Å². The lowest BCUT2D eigenvalue weighted by Crippen LogP contribution is -1.79. The van der Waals surface area contributed by atoms with Gasteiger partial charge in [-0.25, -0.2) is 0 Å². The summed E-state index contributed by atoms with van der Waals surface area (Å²) in [6, 6.07) is 0. The molecule has 0 bridgehead atoms. The SMILES string of the molecule is [Br][Mg][CH2]C[CH2][Mg][Br]. The van der Waals surface area contributed by atoms with E-state index in [1.807, 2.05) is 0 Å². The van der Waals surface area contributed by atoms with Crippen molar-refractivity contribution in [3.8, 4) is 0 Å². The van der Waals surface area contributed by atoms with E-state index < -0.39 is 0 Å². The van der Waals surface area contributed by atoms with Gasteiger partial charge in [-0.15, -0.1) is 9.10 Å². The maximum absolute atomic E-state index is 3.52. The third kappa shape index (κ3) is 8.49. The molecule has 0 rings (SSSR count). The van der Waals surface area contributed by atoms with Gasteiger partial charge in [-0.3, -0.25) is 0 Å². The second kappa shape index (κ2) is 8.49. The summed E-state index contributed by atoms with van der Waals surface area (Å²) >= 11 is 7.45. The molecule has 0 aromatic rings. The highest BCUT2D eigenvalue weighted by molar-refractivity contribution is 9.23. The Morgan fingerprint density at radius 3 is 1.71 bits per heavy atom. The first-order valence-corrected chi connectivity index (χ1v) is 12.3. The van der Waals surface area contributed by atoms with Crippen LogP contribution in [0.15, 0.2) is 0 Å². The summed E-state index contributed by atoms with van der Waals surface area (Å²) in [7, 11) is 0. The quantitative estimate of drug-likeness (QED) is 0.530. The van der Waals surface area contributed by atoms with Crippen LogP contribution in [0.5, 0.6) is 0 Å². The van der Waals surface area contributed by atoms with Crippen molar-refractivity contribution in [2.24, 2.45) is 0 Å². The van der Waals surface area contributed by atoms with E-state index in [1.54, 1.807) is 0 Å². The van der Waals surface area contributed by atoms with Crippen LogP contribution in [0, 0.1) is 0 Å². The lowest BCUT2D eigenvalue weighted by molar-refractivity contribution is 1.07. The number of rotatable bonds is 4. The average molecular weight is 250 g/mol. The summed E-state index contributed by atoms with van der Waals surface area (Å²) < 4.78 is 2.97. The van der Waals surface area contributed by atoms with Crippen molar-refractivity contribution in [2.75, 3.05) is 0 Å². The van der Waals surface area contributed by atoms with Crippen LogP contribution in [0.4, 0.5) is 0 Å². The zero-order valence-electron chi connectivity index (χ0n) is 4.29. The second-order valence-electron chi connectivity index (χ2n) is 1.44. The van der Waals surface area contributed by atoms with E-state index in [1.165, 1.54) is 15.5 Å². The third-order valence-electron chi connectivity index (χ3n) is 0.767. The van der Waals surface area contributed by atoms with E-state index in [4.69, 9.17) is 0 Å². The van der Waals surface area contributed by atoms with Crippen LogP contribution in [-0.4, -0.2) is 36.4 Å². The van der Waals surface area contributed by atoms with Gasteiger partial charge in [-0.05, 0) is 0 Å². The van der Waals surface area contributed by atoms with E-state index in [9.17, 15) is 0 Å². The summed E-state index contributed by atoms with van der Waals surface area (Å²) in [6.45, 7) is 0. The number of hydrogen-bond acceptors (Lipinski definition) is 0. The fourth-order valence-corrected chi connectivity index (χ4v) is 4.54. The largest absolute Gasteiger partial charge is 0.468 e. The van der Waals surface area contributed by atoms with Gasteiger partial charge < -0.3 is 25.8 Å².